The number of nitrogens with one attached hydrogen (secondary N) is 1. The molecule has 108 valence electrons. The average Bonchev–Trinajstić information content (AvgIpc) is 2.79. The summed E-state index contributed by atoms with van der Waals surface area (Å²) in [6.45, 7) is -0.781. The van der Waals surface area contributed by atoms with Crippen molar-refractivity contribution in [1.82, 2.24) is 9.55 Å². The number of hydrogen-bond acceptors (Lipinski definition) is 6. The normalized spacial score (nSPS) is 25.2. The summed E-state index contributed by atoms with van der Waals surface area (Å²) < 4.78 is 6.43. The predicted octanol–water partition coefficient (Wildman–Crippen LogP) is -2.48. The van der Waals surface area contributed by atoms with Gasteiger partial charge >= 0.3 is 5.69 Å². The molecule has 2 unspecified atom stereocenters. The number of aliphatic hydroxyl groups excluding tert-OH is 3. The van der Waals surface area contributed by atoms with Gasteiger partial charge in [-0.05, 0) is 0 Å². The van der Waals surface area contributed by atoms with Gasteiger partial charge < -0.3 is 20.1 Å². The third kappa shape index (κ3) is 2.81. The molecule has 0 spiro atoms. The lowest BCUT2D eigenvalue weighted by Crippen LogP contribution is -2.33. The third-order valence-corrected chi connectivity index (χ3v) is 2.96. The zero-order chi connectivity index (χ0) is 14.7. The van der Waals surface area contributed by atoms with E-state index in [1.165, 1.54) is 6.20 Å². The quantitative estimate of drug-likeness (QED) is 0.445. The van der Waals surface area contributed by atoms with Gasteiger partial charge in [0.05, 0.1) is 12.7 Å². The fraction of sp³-hybridized carbons (Fsp3) is 0.500. The monoisotopic (exact) mass is 282 g/mol. The Morgan fingerprint density at radius 1 is 1.45 bits per heavy atom. The second kappa shape index (κ2) is 6.02. The molecule has 0 radical (unpaired) electrons. The van der Waals surface area contributed by atoms with Crippen LogP contribution in [0.15, 0.2) is 15.8 Å². The van der Waals surface area contributed by atoms with E-state index < -0.39 is 36.3 Å². The average molecular weight is 282 g/mol. The molecular weight excluding hydrogens is 268 g/mol. The lowest BCUT2D eigenvalue weighted by atomic mass is 10.2. The molecule has 8 nitrogen and oxygen atoms in total. The highest BCUT2D eigenvalue weighted by molar-refractivity contribution is 5.29. The van der Waals surface area contributed by atoms with E-state index in [9.17, 15) is 14.7 Å². The van der Waals surface area contributed by atoms with Crippen molar-refractivity contribution in [3.63, 3.8) is 0 Å². The van der Waals surface area contributed by atoms with Crippen LogP contribution in [0.2, 0.25) is 0 Å². The van der Waals surface area contributed by atoms with Crippen molar-refractivity contribution in [2.75, 3.05) is 13.2 Å². The maximum Gasteiger partial charge on any atom is 0.330 e. The van der Waals surface area contributed by atoms with Crippen molar-refractivity contribution in [2.45, 2.75) is 24.9 Å². The standard InChI is InChI=1S/C12H14N2O6/c15-3-1-2-7-5-14(12(19)13-11(7)18)10-4-8(17)9(6-16)20-10/h5,8-10,15-17H,3-4,6H2,(H,13,18,19)/t8-,9?,10?/m0/s1. The minimum Gasteiger partial charge on any atom is -0.394 e. The van der Waals surface area contributed by atoms with Gasteiger partial charge in [-0.15, -0.1) is 0 Å². The van der Waals surface area contributed by atoms with Crippen LogP contribution >= 0.6 is 0 Å². The Balaban J connectivity index is 2.38. The van der Waals surface area contributed by atoms with Gasteiger partial charge in [0.15, 0.2) is 0 Å². The van der Waals surface area contributed by atoms with E-state index in [1.54, 1.807) is 0 Å². The maximum absolute atomic E-state index is 11.7. The van der Waals surface area contributed by atoms with Gasteiger partial charge in [-0.2, -0.15) is 0 Å². The third-order valence-electron chi connectivity index (χ3n) is 2.96. The smallest absolute Gasteiger partial charge is 0.330 e. The van der Waals surface area contributed by atoms with E-state index in [2.05, 4.69) is 16.8 Å². The molecule has 1 saturated heterocycles. The molecule has 8 heteroatoms. The van der Waals surface area contributed by atoms with Gasteiger partial charge in [0.1, 0.15) is 24.5 Å². The Kier molecular flexibility index (Phi) is 4.36. The number of hydrogen-bond donors (Lipinski definition) is 4. The number of ether oxygens (including phenoxy) is 1. The summed E-state index contributed by atoms with van der Waals surface area (Å²) in [6.07, 6.45) is -1.13. The fourth-order valence-electron chi connectivity index (χ4n) is 1.97. The Bertz CT molecular complexity index is 652. The fourth-order valence-corrected chi connectivity index (χ4v) is 1.97. The van der Waals surface area contributed by atoms with Crippen LogP contribution in [0.25, 0.3) is 0 Å². The second-order valence-corrected chi connectivity index (χ2v) is 4.28. The Labute approximate surface area is 113 Å². The van der Waals surface area contributed by atoms with Crippen molar-refractivity contribution in [1.29, 1.82) is 0 Å². The first kappa shape index (κ1) is 14.5. The molecule has 2 rings (SSSR count). The molecule has 0 bridgehead atoms. The summed E-state index contributed by atoms with van der Waals surface area (Å²) in [4.78, 5) is 25.3. The molecule has 0 saturated carbocycles. The van der Waals surface area contributed by atoms with Crippen molar-refractivity contribution in [3.05, 3.63) is 32.6 Å². The van der Waals surface area contributed by atoms with E-state index in [0.29, 0.717) is 0 Å². The first-order chi connectivity index (χ1) is 9.56. The molecule has 0 amide bonds. The van der Waals surface area contributed by atoms with Gasteiger partial charge in [0.2, 0.25) is 0 Å². The lowest BCUT2D eigenvalue weighted by Gasteiger charge is -2.14. The van der Waals surface area contributed by atoms with Crippen LogP contribution in [0.1, 0.15) is 18.2 Å². The Hall–Kier alpha value is -1.92. The van der Waals surface area contributed by atoms with Crippen LogP contribution in [-0.2, 0) is 4.74 Å². The van der Waals surface area contributed by atoms with Crippen LogP contribution in [0, 0.1) is 11.8 Å². The van der Waals surface area contributed by atoms with Crippen LogP contribution in [-0.4, -0.2) is 50.3 Å². The first-order valence-corrected chi connectivity index (χ1v) is 5.96. The van der Waals surface area contributed by atoms with Gasteiger partial charge in [0, 0.05) is 12.6 Å². The topological polar surface area (TPSA) is 125 Å². The molecule has 20 heavy (non-hydrogen) atoms. The van der Waals surface area contributed by atoms with Crippen LogP contribution in [0.4, 0.5) is 0 Å². The number of aromatic nitrogens is 2. The number of H-pyrrole nitrogens is 1. The second-order valence-electron chi connectivity index (χ2n) is 4.28. The highest BCUT2D eigenvalue weighted by Gasteiger charge is 2.35. The maximum atomic E-state index is 11.7. The largest absolute Gasteiger partial charge is 0.394 e. The first-order valence-electron chi connectivity index (χ1n) is 5.96. The molecule has 3 atom stereocenters. The number of nitrogens with zero attached hydrogens (tertiary/aromatic N) is 1. The summed E-state index contributed by atoms with van der Waals surface area (Å²) in [6, 6.07) is 0. The summed E-state index contributed by atoms with van der Waals surface area (Å²) in [5, 5.41) is 27.3. The highest BCUT2D eigenvalue weighted by Crippen LogP contribution is 2.27. The summed E-state index contributed by atoms with van der Waals surface area (Å²) in [7, 11) is 0. The minimum absolute atomic E-state index is 0.00388. The van der Waals surface area contributed by atoms with E-state index in [4.69, 9.17) is 14.9 Å². The molecule has 1 aliphatic heterocycles. The Morgan fingerprint density at radius 3 is 2.80 bits per heavy atom. The summed E-state index contributed by atoms with van der Waals surface area (Å²) in [5.74, 6) is 4.73. The molecular formula is C12H14N2O6. The van der Waals surface area contributed by atoms with Gasteiger partial charge in [-0.3, -0.25) is 14.3 Å². The van der Waals surface area contributed by atoms with Crippen molar-refractivity contribution in [3.8, 4) is 11.8 Å². The van der Waals surface area contributed by atoms with E-state index in [0.717, 1.165) is 4.57 Å². The highest BCUT2D eigenvalue weighted by atomic mass is 16.5. The van der Waals surface area contributed by atoms with Gasteiger partial charge in [-0.25, -0.2) is 4.79 Å². The molecule has 1 aromatic rings. The molecule has 0 aromatic carbocycles. The molecule has 2 heterocycles. The zero-order valence-corrected chi connectivity index (χ0v) is 10.4. The van der Waals surface area contributed by atoms with E-state index in [1.807, 2.05) is 0 Å². The molecule has 1 fully saturated rings. The number of aromatic amines is 1. The molecule has 0 aliphatic carbocycles. The van der Waals surface area contributed by atoms with E-state index >= 15 is 0 Å². The van der Waals surface area contributed by atoms with Crippen molar-refractivity contribution in [2.24, 2.45) is 0 Å². The zero-order valence-electron chi connectivity index (χ0n) is 10.4. The molecule has 1 aromatic heterocycles. The lowest BCUT2D eigenvalue weighted by molar-refractivity contribution is -0.0459. The van der Waals surface area contributed by atoms with E-state index in [-0.39, 0.29) is 18.6 Å². The van der Waals surface area contributed by atoms with Crippen molar-refractivity contribution < 1.29 is 20.1 Å². The molecule has 4 N–H and O–H groups in total. The summed E-state index contributed by atoms with van der Waals surface area (Å²) >= 11 is 0. The van der Waals surface area contributed by atoms with Crippen LogP contribution in [0.5, 0.6) is 0 Å². The molecule has 1 aliphatic rings. The van der Waals surface area contributed by atoms with Crippen LogP contribution in [0.3, 0.4) is 0 Å². The Morgan fingerprint density at radius 2 is 2.20 bits per heavy atom. The summed E-state index contributed by atoms with van der Waals surface area (Å²) in [5.41, 5.74) is -1.35. The number of aliphatic hydroxyl groups is 3. The SMILES string of the molecule is O=c1[nH]c(=O)n(C2C[C@H](O)C(CO)O2)cc1C#CCO. The van der Waals surface area contributed by atoms with Crippen molar-refractivity contribution >= 4 is 0 Å². The number of rotatable bonds is 2. The van der Waals surface area contributed by atoms with Crippen LogP contribution < -0.4 is 11.2 Å². The van der Waals surface area contributed by atoms with Gasteiger partial charge in [-0.1, -0.05) is 11.8 Å². The van der Waals surface area contributed by atoms with Gasteiger partial charge in [0.25, 0.3) is 5.56 Å². The minimum atomic E-state index is -0.893. The predicted molar refractivity (Wildman–Crippen MR) is 66.9 cm³/mol.